The largest absolute Gasteiger partial charge is 0.534 e. The van der Waals surface area contributed by atoms with E-state index in [-0.39, 0.29) is 0 Å². The molecule has 0 spiro atoms. The summed E-state index contributed by atoms with van der Waals surface area (Å²) >= 11 is 2.91. The van der Waals surface area contributed by atoms with Gasteiger partial charge in [-0.3, -0.25) is 0 Å². The maximum absolute atomic E-state index is 11.9. The molecule has 1 aliphatic rings. The van der Waals surface area contributed by atoms with E-state index in [1.165, 1.54) is 6.08 Å². The molecule has 0 unspecified atom stereocenters. The second-order valence-corrected chi connectivity index (χ2v) is 4.74. The van der Waals surface area contributed by atoms with Gasteiger partial charge in [-0.2, -0.15) is 21.6 Å². The number of halogens is 4. The third kappa shape index (κ3) is 3.00. The van der Waals surface area contributed by atoms with Crippen molar-refractivity contribution in [1.82, 2.24) is 0 Å². The lowest BCUT2D eigenvalue weighted by atomic mass is 10.3. The molecule has 0 saturated carbocycles. The summed E-state index contributed by atoms with van der Waals surface area (Å²) in [5, 5.41) is 0. The van der Waals surface area contributed by atoms with Gasteiger partial charge >= 0.3 is 15.6 Å². The quantitative estimate of drug-likeness (QED) is 0.447. The van der Waals surface area contributed by atoms with Crippen LogP contribution in [0.1, 0.15) is 0 Å². The summed E-state index contributed by atoms with van der Waals surface area (Å²) in [4.78, 5) is 0. The molecule has 1 rings (SSSR count). The van der Waals surface area contributed by atoms with Gasteiger partial charge in [0.2, 0.25) is 0 Å². The fraction of sp³-hybridized carbons (Fsp3) is 0.143. The monoisotopic (exact) mass is 302 g/mol. The van der Waals surface area contributed by atoms with E-state index in [0.717, 1.165) is 6.08 Å². The number of rotatable bonds is 2. The lowest BCUT2D eigenvalue weighted by Crippen LogP contribution is -2.25. The van der Waals surface area contributed by atoms with Crippen molar-refractivity contribution in [3.05, 3.63) is 33.9 Å². The van der Waals surface area contributed by atoms with Gasteiger partial charge in [0.15, 0.2) is 5.76 Å². The standard InChI is InChI=1S/C7H2BrF3O3S/c8-5-2-1-3-6(4-5)14-15(12,13)7(9,10)11/h2,4H. The van der Waals surface area contributed by atoms with Crippen LogP contribution in [0.2, 0.25) is 0 Å². The molecule has 0 atom stereocenters. The molecule has 0 aromatic carbocycles. The number of alkyl halides is 3. The van der Waals surface area contributed by atoms with Gasteiger partial charge in [0.05, 0.1) is 0 Å². The van der Waals surface area contributed by atoms with Crippen molar-refractivity contribution in [3.63, 3.8) is 0 Å². The van der Waals surface area contributed by atoms with E-state index in [1.54, 1.807) is 0 Å². The van der Waals surface area contributed by atoms with Crippen LogP contribution in [-0.2, 0) is 14.3 Å². The maximum atomic E-state index is 11.9. The van der Waals surface area contributed by atoms with E-state index >= 15 is 0 Å². The zero-order chi connectivity index (χ0) is 11.7. The van der Waals surface area contributed by atoms with Gasteiger partial charge in [-0.15, -0.1) is 0 Å². The fourth-order valence-electron chi connectivity index (χ4n) is 0.589. The zero-order valence-corrected chi connectivity index (χ0v) is 9.20. The predicted octanol–water partition coefficient (Wildman–Crippen LogP) is 2.34. The maximum Gasteiger partial charge on any atom is 0.534 e. The first-order valence-corrected chi connectivity index (χ1v) is 5.52. The third-order valence-electron chi connectivity index (χ3n) is 1.16. The van der Waals surface area contributed by atoms with Gasteiger partial charge in [0.1, 0.15) is 0 Å². The normalized spacial score (nSPS) is 16.0. The van der Waals surface area contributed by atoms with Crippen LogP contribution < -0.4 is 0 Å². The van der Waals surface area contributed by atoms with Gasteiger partial charge in [0.25, 0.3) is 0 Å². The minimum atomic E-state index is -5.64. The van der Waals surface area contributed by atoms with Crippen LogP contribution in [0.3, 0.4) is 0 Å². The van der Waals surface area contributed by atoms with Crippen molar-refractivity contribution in [2.45, 2.75) is 5.51 Å². The van der Waals surface area contributed by atoms with Crippen LogP contribution in [0.4, 0.5) is 13.2 Å². The Morgan fingerprint density at radius 2 is 2.00 bits per heavy atom. The molecule has 0 amide bonds. The highest BCUT2D eigenvalue weighted by molar-refractivity contribution is 9.11. The third-order valence-corrected chi connectivity index (χ3v) is 2.58. The average molecular weight is 303 g/mol. The molecule has 15 heavy (non-hydrogen) atoms. The van der Waals surface area contributed by atoms with Crippen molar-refractivity contribution < 1.29 is 25.8 Å². The molecule has 0 N–H and O–H groups in total. The smallest absolute Gasteiger partial charge is 0.367 e. The van der Waals surface area contributed by atoms with Gasteiger partial charge in [-0.05, 0) is 21.7 Å². The predicted molar refractivity (Wildman–Crippen MR) is 48.2 cm³/mol. The van der Waals surface area contributed by atoms with Gasteiger partial charge in [-0.1, -0.05) is 5.73 Å². The van der Waals surface area contributed by atoms with Crippen LogP contribution in [0, 0.1) is 0 Å². The number of hydrogen-bond donors (Lipinski definition) is 0. The van der Waals surface area contributed by atoms with Crippen LogP contribution >= 0.6 is 15.9 Å². The molecule has 0 radical (unpaired) electrons. The van der Waals surface area contributed by atoms with Crippen molar-refractivity contribution in [2.24, 2.45) is 0 Å². The molecule has 0 heterocycles. The van der Waals surface area contributed by atoms with Crippen LogP contribution in [0.25, 0.3) is 0 Å². The van der Waals surface area contributed by atoms with Crippen LogP contribution in [-0.4, -0.2) is 13.9 Å². The molecule has 0 bridgehead atoms. The van der Waals surface area contributed by atoms with Crippen molar-refractivity contribution in [1.29, 1.82) is 0 Å². The molecular weight excluding hydrogens is 301 g/mol. The summed E-state index contributed by atoms with van der Waals surface area (Å²) in [5.74, 6) is -0.582. The Morgan fingerprint density at radius 3 is 2.47 bits per heavy atom. The lowest BCUT2D eigenvalue weighted by Gasteiger charge is -2.08. The van der Waals surface area contributed by atoms with E-state index in [1.807, 2.05) is 0 Å². The minimum Gasteiger partial charge on any atom is -0.367 e. The summed E-state index contributed by atoms with van der Waals surface area (Å²) in [6.07, 6.45) is 2.37. The Morgan fingerprint density at radius 1 is 1.40 bits per heavy atom. The SMILES string of the molecule is O=S(=O)(OC1=C=C=CC(Br)=C1)C(F)(F)F. The highest BCUT2D eigenvalue weighted by Crippen LogP contribution is 2.27. The van der Waals surface area contributed by atoms with Gasteiger partial charge < -0.3 is 4.18 Å². The first kappa shape index (κ1) is 12.1. The first-order chi connectivity index (χ1) is 6.72. The Kier molecular flexibility index (Phi) is 3.16. The van der Waals surface area contributed by atoms with Crippen LogP contribution in [0.5, 0.6) is 0 Å². The second kappa shape index (κ2) is 3.90. The second-order valence-electron chi connectivity index (χ2n) is 2.29. The summed E-state index contributed by atoms with van der Waals surface area (Å²) in [5.41, 5.74) is -1.10. The number of allylic oxidation sites excluding steroid dienone is 3. The minimum absolute atomic E-state index is 0.327. The molecular formula is C7H2BrF3O3S. The van der Waals surface area contributed by atoms with Gasteiger partial charge in [0, 0.05) is 16.6 Å². The van der Waals surface area contributed by atoms with Gasteiger partial charge in [-0.25, -0.2) is 0 Å². The van der Waals surface area contributed by atoms with E-state index in [4.69, 9.17) is 0 Å². The molecule has 1 aliphatic carbocycles. The lowest BCUT2D eigenvalue weighted by molar-refractivity contribution is -0.0519. The number of hydrogen-bond acceptors (Lipinski definition) is 3. The molecule has 0 aromatic heterocycles. The summed E-state index contributed by atoms with van der Waals surface area (Å²) < 4.78 is 60.8. The van der Waals surface area contributed by atoms with Crippen molar-refractivity contribution in [3.8, 4) is 0 Å². The topological polar surface area (TPSA) is 43.4 Å². The first-order valence-electron chi connectivity index (χ1n) is 3.32. The van der Waals surface area contributed by atoms with Crippen molar-refractivity contribution in [2.75, 3.05) is 0 Å². The summed E-state index contributed by atoms with van der Waals surface area (Å²) in [7, 11) is -5.64. The Labute approximate surface area is 91.5 Å². The highest BCUT2D eigenvalue weighted by Gasteiger charge is 2.48. The van der Waals surface area contributed by atoms with E-state index in [0.29, 0.717) is 4.48 Å². The molecule has 3 nitrogen and oxygen atoms in total. The highest BCUT2D eigenvalue weighted by atomic mass is 79.9. The average Bonchev–Trinajstić information content (AvgIpc) is 2.00. The van der Waals surface area contributed by atoms with E-state index < -0.39 is 21.4 Å². The fourth-order valence-corrected chi connectivity index (χ4v) is 1.33. The van der Waals surface area contributed by atoms with E-state index in [2.05, 4.69) is 31.6 Å². The van der Waals surface area contributed by atoms with Crippen molar-refractivity contribution >= 4 is 26.0 Å². The van der Waals surface area contributed by atoms with Crippen LogP contribution in [0.15, 0.2) is 33.9 Å². The summed E-state index contributed by atoms with van der Waals surface area (Å²) in [6.45, 7) is 0. The Hall–Kier alpha value is -0.940. The Bertz CT molecular complexity index is 502. The molecule has 0 saturated heterocycles. The Balaban J connectivity index is 3.00. The zero-order valence-electron chi connectivity index (χ0n) is 6.80. The molecule has 82 valence electrons. The molecule has 0 aromatic rings. The molecule has 0 fully saturated rings. The van der Waals surface area contributed by atoms with E-state index in [9.17, 15) is 21.6 Å². The molecule has 0 aliphatic heterocycles. The molecule has 8 heteroatoms. The summed E-state index contributed by atoms with van der Waals surface area (Å²) in [6, 6.07) is 0.